The van der Waals surface area contributed by atoms with Gasteiger partial charge in [0.25, 0.3) is 0 Å². The van der Waals surface area contributed by atoms with Gasteiger partial charge in [0.1, 0.15) is 4.90 Å². The smallest absolute Gasteiger partial charge is 0.242 e. The highest BCUT2D eigenvalue weighted by Crippen LogP contribution is 2.11. The summed E-state index contributed by atoms with van der Waals surface area (Å²) in [6, 6.07) is 3.11. The third kappa shape index (κ3) is 3.55. The number of nitrogens with two attached hydrogens (primary N) is 1. The molecule has 3 N–H and O–H groups in total. The van der Waals surface area contributed by atoms with E-state index in [4.69, 9.17) is 5.73 Å². The number of sulfonamides is 1. The molecule has 90 valence electrons. The van der Waals surface area contributed by atoms with E-state index >= 15 is 0 Å². The maximum absolute atomic E-state index is 11.9. The Bertz CT molecular complexity index is 446. The van der Waals surface area contributed by atoms with E-state index in [0.29, 0.717) is 12.2 Å². The van der Waals surface area contributed by atoms with Gasteiger partial charge in [0.05, 0.1) is 5.69 Å². The number of nitrogens with zero attached hydrogens (tertiary/aromatic N) is 1. The van der Waals surface area contributed by atoms with Gasteiger partial charge >= 0.3 is 0 Å². The molecule has 0 aliphatic heterocycles. The van der Waals surface area contributed by atoms with Gasteiger partial charge in [0, 0.05) is 18.3 Å². The maximum Gasteiger partial charge on any atom is 0.242 e. The zero-order valence-corrected chi connectivity index (χ0v) is 10.5. The van der Waals surface area contributed by atoms with E-state index in [0.717, 1.165) is 0 Å². The van der Waals surface area contributed by atoms with Gasteiger partial charge in [-0.3, -0.25) is 4.98 Å². The van der Waals surface area contributed by atoms with E-state index in [1.807, 2.05) is 0 Å². The lowest BCUT2D eigenvalue weighted by Gasteiger charge is -2.20. The molecule has 0 aliphatic rings. The normalized spacial score (nSPS) is 12.8. The first-order chi connectivity index (χ1) is 7.24. The molecule has 0 radical (unpaired) electrons. The van der Waals surface area contributed by atoms with Crippen molar-refractivity contribution in [2.45, 2.75) is 37.8 Å². The predicted octanol–water partition coefficient (Wildman–Crippen LogP) is 0.617. The van der Waals surface area contributed by atoms with Gasteiger partial charge in [-0.25, -0.2) is 13.1 Å². The Hall–Kier alpha value is -0.980. The van der Waals surface area contributed by atoms with Crippen molar-refractivity contribution in [2.75, 3.05) is 0 Å². The Kier molecular flexibility index (Phi) is 3.67. The second-order valence-electron chi connectivity index (χ2n) is 4.54. The van der Waals surface area contributed by atoms with Gasteiger partial charge in [-0.05, 0) is 32.9 Å². The van der Waals surface area contributed by atoms with Crippen LogP contribution in [0.15, 0.2) is 23.2 Å². The summed E-state index contributed by atoms with van der Waals surface area (Å²) in [5.41, 5.74) is 5.54. The summed E-state index contributed by atoms with van der Waals surface area (Å²) >= 11 is 0. The predicted molar refractivity (Wildman–Crippen MR) is 62.2 cm³/mol. The van der Waals surface area contributed by atoms with Gasteiger partial charge in [0.2, 0.25) is 10.0 Å². The SMILES string of the molecule is CC(C)(C)NS(=O)(=O)c1ccc(CN)nc1. The molecule has 0 aliphatic carbocycles. The lowest BCUT2D eigenvalue weighted by Crippen LogP contribution is -2.40. The van der Waals surface area contributed by atoms with Crippen LogP contribution < -0.4 is 10.5 Å². The minimum atomic E-state index is -3.50. The molecule has 0 spiro atoms. The fourth-order valence-electron chi connectivity index (χ4n) is 1.15. The zero-order valence-electron chi connectivity index (χ0n) is 9.69. The van der Waals surface area contributed by atoms with Crippen LogP contribution in [0.25, 0.3) is 0 Å². The van der Waals surface area contributed by atoms with Crippen LogP contribution in [0, 0.1) is 0 Å². The Labute approximate surface area is 96.1 Å². The maximum atomic E-state index is 11.9. The van der Waals surface area contributed by atoms with Crippen LogP contribution >= 0.6 is 0 Å². The summed E-state index contributed by atoms with van der Waals surface area (Å²) in [7, 11) is -3.50. The second kappa shape index (κ2) is 4.48. The van der Waals surface area contributed by atoms with Crippen LogP contribution in [0.5, 0.6) is 0 Å². The average Bonchev–Trinajstić information content (AvgIpc) is 2.14. The first kappa shape index (κ1) is 13.1. The van der Waals surface area contributed by atoms with Crippen LogP contribution in [-0.4, -0.2) is 18.9 Å². The third-order valence-corrected chi connectivity index (χ3v) is 3.50. The highest BCUT2D eigenvalue weighted by molar-refractivity contribution is 7.89. The van der Waals surface area contributed by atoms with Crippen molar-refractivity contribution in [2.24, 2.45) is 5.73 Å². The van der Waals surface area contributed by atoms with Gasteiger partial charge < -0.3 is 5.73 Å². The van der Waals surface area contributed by atoms with Crippen LogP contribution in [0.1, 0.15) is 26.5 Å². The highest BCUT2D eigenvalue weighted by atomic mass is 32.2. The molecule has 0 bridgehead atoms. The van der Waals surface area contributed by atoms with Crippen molar-refractivity contribution in [1.82, 2.24) is 9.71 Å². The lowest BCUT2D eigenvalue weighted by molar-refractivity contribution is 0.491. The lowest BCUT2D eigenvalue weighted by atomic mass is 10.1. The van der Waals surface area contributed by atoms with E-state index in [-0.39, 0.29) is 4.90 Å². The van der Waals surface area contributed by atoms with Crippen LogP contribution in [-0.2, 0) is 16.6 Å². The minimum Gasteiger partial charge on any atom is -0.325 e. The van der Waals surface area contributed by atoms with Crippen LogP contribution in [0.4, 0.5) is 0 Å². The number of rotatable bonds is 3. The van der Waals surface area contributed by atoms with Crippen molar-refractivity contribution >= 4 is 10.0 Å². The van der Waals surface area contributed by atoms with E-state index < -0.39 is 15.6 Å². The van der Waals surface area contributed by atoms with Gasteiger partial charge in [-0.2, -0.15) is 0 Å². The fraction of sp³-hybridized carbons (Fsp3) is 0.500. The zero-order chi connectivity index (χ0) is 12.4. The van der Waals surface area contributed by atoms with E-state index in [9.17, 15) is 8.42 Å². The molecule has 5 nitrogen and oxygen atoms in total. The van der Waals surface area contributed by atoms with Crippen molar-refractivity contribution in [1.29, 1.82) is 0 Å². The summed E-state index contributed by atoms with van der Waals surface area (Å²) < 4.78 is 26.3. The van der Waals surface area contributed by atoms with Crippen molar-refractivity contribution < 1.29 is 8.42 Å². The molecule has 0 saturated heterocycles. The molecule has 0 aromatic carbocycles. The molecule has 1 heterocycles. The van der Waals surface area contributed by atoms with Crippen LogP contribution in [0.3, 0.4) is 0 Å². The molecular weight excluding hydrogens is 226 g/mol. The molecule has 0 unspecified atom stereocenters. The van der Waals surface area contributed by atoms with Gasteiger partial charge in [0.15, 0.2) is 0 Å². The summed E-state index contributed by atoms with van der Waals surface area (Å²) in [5, 5.41) is 0. The minimum absolute atomic E-state index is 0.152. The summed E-state index contributed by atoms with van der Waals surface area (Å²) in [4.78, 5) is 4.10. The standard InChI is InChI=1S/C10H17N3O2S/c1-10(2,3)13-16(14,15)9-5-4-8(6-11)12-7-9/h4-5,7,13H,6,11H2,1-3H3. The molecule has 1 aromatic heterocycles. The van der Waals surface area contributed by atoms with Gasteiger partial charge in [-0.15, -0.1) is 0 Å². The summed E-state index contributed by atoms with van der Waals surface area (Å²) in [6.45, 7) is 5.65. The molecule has 0 fully saturated rings. The van der Waals surface area contributed by atoms with E-state index in [1.165, 1.54) is 12.3 Å². The van der Waals surface area contributed by atoms with E-state index in [2.05, 4.69) is 9.71 Å². The number of hydrogen-bond donors (Lipinski definition) is 2. The monoisotopic (exact) mass is 243 g/mol. The largest absolute Gasteiger partial charge is 0.325 e. The third-order valence-electron chi connectivity index (χ3n) is 1.76. The molecule has 1 rings (SSSR count). The highest BCUT2D eigenvalue weighted by Gasteiger charge is 2.21. The summed E-state index contributed by atoms with van der Waals surface area (Å²) in [5.74, 6) is 0. The molecule has 0 saturated carbocycles. The summed E-state index contributed by atoms with van der Waals surface area (Å²) in [6.07, 6.45) is 1.32. The fourth-order valence-corrected chi connectivity index (χ4v) is 2.52. The van der Waals surface area contributed by atoms with Crippen LogP contribution in [0.2, 0.25) is 0 Å². The van der Waals surface area contributed by atoms with Crippen molar-refractivity contribution in [3.63, 3.8) is 0 Å². The molecule has 6 heteroatoms. The number of aromatic nitrogens is 1. The molecule has 0 amide bonds. The number of hydrogen-bond acceptors (Lipinski definition) is 4. The topological polar surface area (TPSA) is 85.1 Å². The van der Waals surface area contributed by atoms with Crippen molar-refractivity contribution in [3.05, 3.63) is 24.0 Å². The first-order valence-corrected chi connectivity index (χ1v) is 6.42. The first-order valence-electron chi connectivity index (χ1n) is 4.93. The Morgan fingerprint density at radius 3 is 2.38 bits per heavy atom. The Morgan fingerprint density at radius 2 is 2.00 bits per heavy atom. The average molecular weight is 243 g/mol. The molecule has 1 aromatic rings. The van der Waals surface area contributed by atoms with Gasteiger partial charge in [-0.1, -0.05) is 0 Å². The Balaban J connectivity index is 2.99. The van der Waals surface area contributed by atoms with E-state index in [1.54, 1.807) is 26.8 Å². The van der Waals surface area contributed by atoms with Crippen molar-refractivity contribution in [3.8, 4) is 0 Å². The number of nitrogens with one attached hydrogen (secondary N) is 1. The molecule has 0 atom stereocenters. The Morgan fingerprint density at radius 1 is 1.38 bits per heavy atom. The second-order valence-corrected chi connectivity index (χ2v) is 6.23. The number of pyridine rings is 1. The molecule has 16 heavy (non-hydrogen) atoms. The molecular formula is C10H17N3O2S. The quantitative estimate of drug-likeness (QED) is 0.815.